The summed E-state index contributed by atoms with van der Waals surface area (Å²) in [5.74, 6) is 0. The third-order valence-electron chi connectivity index (χ3n) is 2.87. The van der Waals surface area contributed by atoms with Gasteiger partial charge in [-0.15, -0.1) is 0 Å². The summed E-state index contributed by atoms with van der Waals surface area (Å²) in [6.45, 7) is 2.50. The Morgan fingerprint density at radius 3 is 2.40 bits per heavy atom. The molecule has 0 amide bonds. The highest BCUT2D eigenvalue weighted by Gasteiger charge is 2.05. The van der Waals surface area contributed by atoms with Gasteiger partial charge in [0.2, 0.25) is 0 Å². The molecule has 0 aliphatic heterocycles. The van der Waals surface area contributed by atoms with Crippen LogP contribution in [0.1, 0.15) is 18.1 Å². The van der Waals surface area contributed by atoms with Gasteiger partial charge in [-0.3, -0.25) is 10.1 Å². The number of nitrogens with zero attached hydrogens (tertiary/aromatic N) is 2. The highest BCUT2D eigenvalue weighted by Crippen LogP contribution is 2.12. The lowest BCUT2D eigenvalue weighted by Gasteiger charge is -2.03. The maximum atomic E-state index is 10.6. The van der Waals surface area contributed by atoms with Gasteiger partial charge in [-0.2, -0.15) is 5.10 Å². The predicted octanol–water partition coefficient (Wildman–Crippen LogP) is 3.11. The largest absolute Gasteiger partial charge is 0.305 e. The summed E-state index contributed by atoms with van der Waals surface area (Å²) in [6.07, 6.45) is 0. The minimum absolute atomic E-state index is 0.0822. The van der Waals surface area contributed by atoms with Crippen LogP contribution in [0.3, 0.4) is 0 Å². The summed E-state index contributed by atoms with van der Waals surface area (Å²) in [7, 11) is 0. The fourth-order valence-electron chi connectivity index (χ4n) is 1.73. The van der Waals surface area contributed by atoms with Crippen LogP contribution in [0.5, 0.6) is 0 Å². The second kappa shape index (κ2) is 6.47. The van der Waals surface area contributed by atoms with E-state index in [-0.39, 0.29) is 5.69 Å². The van der Waals surface area contributed by atoms with Crippen molar-refractivity contribution in [3.8, 4) is 0 Å². The Bertz CT molecular complexity index is 607. The second-order valence-corrected chi connectivity index (χ2v) is 4.32. The highest BCUT2D eigenvalue weighted by atomic mass is 16.6. The van der Waals surface area contributed by atoms with E-state index in [1.165, 1.54) is 12.1 Å². The van der Waals surface area contributed by atoms with Crippen LogP contribution in [0.4, 0.5) is 5.69 Å². The molecule has 0 aromatic heterocycles. The Morgan fingerprint density at radius 2 is 1.80 bits per heavy atom. The van der Waals surface area contributed by atoms with Crippen molar-refractivity contribution < 1.29 is 4.92 Å². The van der Waals surface area contributed by atoms with Crippen molar-refractivity contribution >= 4 is 11.4 Å². The molecule has 0 atom stereocenters. The van der Waals surface area contributed by atoms with Crippen LogP contribution >= 0.6 is 0 Å². The van der Waals surface area contributed by atoms with Gasteiger partial charge >= 0.3 is 0 Å². The van der Waals surface area contributed by atoms with Crippen molar-refractivity contribution in [2.24, 2.45) is 5.10 Å². The Balaban J connectivity index is 1.98. The van der Waals surface area contributed by atoms with Gasteiger partial charge in [0.25, 0.3) is 5.69 Å². The van der Waals surface area contributed by atoms with Gasteiger partial charge in [0, 0.05) is 12.1 Å². The number of hydrogen-bond acceptors (Lipinski definition) is 4. The quantitative estimate of drug-likeness (QED) is 0.515. The first-order valence-corrected chi connectivity index (χ1v) is 6.23. The highest BCUT2D eigenvalue weighted by molar-refractivity contribution is 5.98. The lowest BCUT2D eigenvalue weighted by atomic mass is 10.1. The van der Waals surface area contributed by atoms with Crippen LogP contribution < -0.4 is 5.43 Å². The number of hydrazone groups is 1. The van der Waals surface area contributed by atoms with Gasteiger partial charge in [-0.05, 0) is 30.2 Å². The molecular formula is C15H15N3O2. The first-order chi connectivity index (χ1) is 9.66. The lowest BCUT2D eigenvalue weighted by Crippen LogP contribution is -2.09. The molecule has 102 valence electrons. The molecule has 0 saturated carbocycles. The number of rotatable bonds is 5. The van der Waals surface area contributed by atoms with Crippen molar-refractivity contribution in [1.82, 2.24) is 5.43 Å². The molecule has 0 heterocycles. The van der Waals surface area contributed by atoms with Crippen molar-refractivity contribution in [2.45, 2.75) is 13.5 Å². The van der Waals surface area contributed by atoms with Crippen molar-refractivity contribution in [1.29, 1.82) is 0 Å². The zero-order valence-corrected chi connectivity index (χ0v) is 11.1. The molecule has 2 rings (SSSR count). The van der Waals surface area contributed by atoms with Crippen molar-refractivity contribution in [3.63, 3.8) is 0 Å². The normalized spacial score (nSPS) is 11.2. The second-order valence-electron chi connectivity index (χ2n) is 4.32. The van der Waals surface area contributed by atoms with E-state index < -0.39 is 4.92 Å². The van der Waals surface area contributed by atoms with Crippen LogP contribution in [0.25, 0.3) is 0 Å². The summed E-state index contributed by atoms with van der Waals surface area (Å²) < 4.78 is 0. The van der Waals surface area contributed by atoms with Gasteiger partial charge in [-0.25, -0.2) is 0 Å². The average molecular weight is 269 g/mol. The summed E-state index contributed by atoms with van der Waals surface area (Å²) in [5.41, 5.74) is 5.87. The van der Waals surface area contributed by atoms with E-state index in [1.54, 1.807) is 12.1 Å². The number of nitro benzene ring substituents is 1. The topological polar surface area (TPSA) is 67.5 Å². The van der Waals surface area contributed by atoms with E-state index in [2.05, 4.69) is 10.5 Å². The fourth-order valence-corrected chi connectivity index (χ4v) is 1.73. The maximum absolute atomic E-state index is 10.6. The minimum Gasteiger partial charge on any atom is -0.305 e. The fraction of sp³-hybridized carbons (Fsp3) is 0.133. The molecule has 1 N–H and O–H groups in total. The molecule has 0 aliphatic carbocycles. The number of nitro groups is 1. The Kier molecular flexibility index (Phi) is 4.44. The summed E-state index contributed by atoms with van der Waals surface area (Å²) in [4.78, 5) is 10.2. The SMILES string of the molecule is CC(=NNCc1ccccc1)c1ccc([N+](=O)[O-])cc1. The monoisotopic (exact) mass is 269 g/mol. The van der Waals surface area contributed by atoms with E-state index in [0.29, 0.717) is 6.54 Å². The molecule has 5 nitrogen and oxygen atoms in total. The zero-order chi connectivity index (χ0) is 14.4. The van der Waals surface area contributed by atoms with E-state index in [4.69, 9.17) is 0 Å². The van der Waals surface area contributed by atoms with Crippen molar-refractivity contribution in [3.05, 3.63) is 75.8 Å². The van der Waals surface area contributed by atoms with E-state index in [1.807, 2.05) is 37.3 Å². The number of nitrogens with one attached hydrogen (secondary N) is 1. The molecule has 2 aromatic rings. The maximum Gasteiger partial charge on any atom is 0.269 e. The number of non-ortho nitro benzene ring substituents is 1. The van der Waals surface area contributed by atoms with Crippen LogP contribution in [-0.2, 0) is 6.54 Å². The van der Waals surface area contributed by atoms with Crippen LogP contribution in [0, 0.1) is 10.1 Å². The standard InChI is InChI=1S/C15H15N3O2/c1-12(14-7-9-15(10-8-14)18(19)20)17-16-11-13-5-3-2-4-6-13/h2-10,16H,11H2,1H3. The third kappa shape index (κ3) is 3.65. The summed E-state index contributed by atoms with van der Waals surface area (Å²) in [5, 5.41) is 14.8. The van der Waals surface area contributed by atoms with E-state index in [9.17, 15) is 10.1 Å². The molecule has 0 spiro atoms. The molecule has 0 unspecified atom stereocenters. The van der Waals surface area contributed by atoms with E-state index in [0.717, 1.165) is 16.8 Å². The Labute approximate surface area is 117 Å². The van der Waals surface area contributed by atoms with Crippen LogP contribution in [-0.4, -0.2) is 10.6 Å². The first-order valence-electron chi connectivity index (χ1n) is 6.23. The first kappa shape index (κ1) is 13.7. The third-order valence-corrected chi connectivity index (χ3v) is 2.87. The average Bonchev–Trinajstić information content (AvgIpc) is 2.48. The van der Waals surface area contributed by atoms with Gasteiger partial charge in [0.1, 0.15) is 0 Å². The van der Waals surface area contributed by atoms with Crippen LogP contribution in [0.15, 0.2) is 59.7 Å². The van der Waals surface area contributed by atoms with Crippen molar-refractivity contribution in [2.75, 3.05) is 0 Å². The summed E-state index contributed by atoms with van der Waals surface area (Å²) in [6, 6.07) is 16.3. The summed E-state index contributed by atoms with van der Waals surface area (Å²) >= 11 is 0. The molecule has 0 saturated heterocycles. The molecular weight excluding hydrogens is 254 g/mol. The van der Waals surface area contributed by atoms with E-state index >= 15 is 0 Å². The zero-order valence-electron chi connectivity index (χ0n) is 11.1. The molecule has 2 aromatic carbocycles. The predicted molar refractivity (Wildman–Crippen MR) is 78.6 cm³/mol. The Hall–Kier alpha value is -2.69. The van der Waals surface area contributed by atoms with Gasteiger partial charge < -0.3 is 5.43 Å². The van der Waals surface area contributed by atoms with Gasteiger partial charge in [-0.1, -0.05) is 30.3 Å². The molecule has 0 radical (unpaired) electrons. The Morgan fingerprint density at radius 1 is 1.15 bits per heavy atom. The molecule has 5 heteroatoms. The minimum atomic E-state index is -0.413. The smallest absolute Gasteiger partial charge is 0.269 e. The van der Waals surface area contributed by atoms with Crippen LogP contribution in [0.2, 0.25) is 0 Å². The molecule has 0 aliphatic rings. The number of hydrogen-bond donors (Lipinski definition) is 1. The van der Waals surface area contributed by atoms with Gasteiger partial charge in [0.15, 0.2) is 0 Å². The number of benzene rings is 2. The molecule has 20 heavy (non-hydrogen) atoms. The molecule has 0 bridgehead atoms. The lowest BCUT2D eigenvalue weighted by molar-refractivity contribution is -0.384. The van der Waals surface area contributed by atoms with Gasteiger partial charge in [0.05, 0.1) is 17.2 Å². The molecule has 0 fully saturated rings.